The predicted molar refractivity (Wildman–Crippen MR) is 127 cm³/mol. The topological polar surface area (TPSA) is 79.9 Å². The monoisotopic (exact) mass is 449 g/mol. The summed E-state index contributed by atoms with van der Waals surface area (Å²) in [5.74, 6) is 0.720. The highest BCUT2D eigenvalue weighted by molar-refractivity contribution is 6.45. The molecule has 2 amide bonds. The SMILES string of the molecule is CC(=O)NC1(C(=O)NC(C)(C)C)CC2CN(C)CC2C1CCCB1OC(C)(C)C(C)(C)O1. The van der Waals surface area contributed by atoms with Crippen LogP contribution in [0.25, 0.3) is 0 Å². The lowest BCUT2D eigenvalue weighted by Crippen LogP contribution is -2.64. The van der Waals surface area contributed by atoms with Crippen molar-refractivity contribution in [2.75, 3.05) is 20.1 Å². The second-order valence-corrected chi connectivity index (χ2v) is 12.4. The maximum absolute atomic E-state index is 13.6. The van der Waals surface area contributed by atoms with E-state index in [1.54, 1.807) is 0 Å². The fraction of sp³-hybridized carbons (Fsp3) is 0.917. The van der Waals surface area contributed by atoms with Gasteiger partial charge in [-0.2, -0.15) is 0 Å². The number of nitrogens with zero attached hydrogens (tertiary/aromatic N) is 1. The normalized spacial score (nSPS) is 33.9. The van der Waals surface area contributed by atoms with Gasteiger partial charge in [-0.25, -0.2) is 0 Å². The third-order valence-corrected chi connectivity index (χ3v) is 7.96. The molecule has 3 rings (SSSR count). The smallest absolute Gasteiger partial charge is 0.403 e. The maximum atomic E-state index is 13.6. The maximum Gasteiger partial charge on any atom is 0.457 e. The Morgan fingerprint density at radius 2 is 1.69 bits per heavy atom. The van der Waals surface area contributed by atoms with Gasteiger partial charge in [0.25, 0.3) is 0 Å². The van der Waals surface area contributed by atoms with Gasteiger partial charge in [0, 0.05) is 25.6 Å². The third-order valence-electron chi connectivity index (χ3n) is 7.96. The first-order valence-electron chi connectivity index (χ1n) is 12.2. The summed E-state index contributed by atoms with van der Waals surface area (Å²) in [6.07, 6.45) is 3.23. The van der Waals surface area contributed by atoms with Crippen LogP contribution in [0.3, 0.4) is 0 Å². The quantitative estimate of drug-likeness (QED) is 0.610. The van der Waals surface area contributed by atoms with Crippen LogP contribution >= 0.6 is 0 Å². The van der Waals surface area contributed by atoms with Crippen molar-refractivity contribution in [2.45, 2.75) is 103 Å². The molecule has 2 aliphatic heterocycles. The number of carbonyl (C=O) groups excluding carboxylic acids is 2. The molecule has 4 unspecified atom stereocenters. The minimum absolute atomic E-state index is 0.0436. The number of nitrogens with one attached hydrogen (secondary N) is 2. The van der Waals surface area contributed by atoms with E-state index in [-0.39, 0.29) is 41.6 Å². The predicted octanol–water partition coefficient (Wildman–Crippen LogP) is 2.85. The standard InChI is InChI=1S/C24H44BN3O4/c1-16(29)26-24(20(30)27-21(2,3)4)13-17-14-28(9)15-18(17)19(24)11-10-12-25-31-22(5,6)23(7,8)32-25/h17-19H,10-15H2,1-9H3,(H,26,29)(H,27,30). The summed E-state index contributed by atoms with van der Waals surface area (Å²) in [6.45, 7) is 17.7. The van der Waals surface area contributed by atoms with Gasteiger partial charge in [0.15, 0.2) is 0 Å². The molecule has 0 aromatic carbocycles. The molecule has 0 aromatic heterocycles. The Morgan fingerprint density at radius 1 is 1.09 bits per heavy atom. The summed E-state index contributed by atoms with van der Waals surface area (Å²) in [5, 5.41) is 6.32. The van der Waals surface area contributed by atoms with Crippen molar-refractivity contribution in [1.29, 1.82) is 0 Å². The number of hydrogen-bond donors (Lipinski definition) is 2. The number of hydrogen-bond acceptors (Lipinski definition) is 5. The summed E-state index contributed by atoms with van der Waals surface area (Å²) in [5.41, 5.74) is -1.89. The average Bonchev–Trinajstić information content (AvgIpc) is 3.13. The number of fused-ring (bicyclic) bond motifs is 1. The molecular weight excluding hydrogens is 405 g/mol. The van der Waals surface area contributed by atoms with E-state index in [0.29, 0.717) is 18.3 Å². The fourth-order valence-electron chi connectivity index (χ4n) is 6.00. The molecule has 1 saturated carbocycles. The summed E-state index contributed by atoms with van der Waals surface area (Å²) in [4.78, 5) is 28.3. The number of likely N-dealkylation sites (tertiary alicyclic amines) is 1. The molecular formula is C24H44BN3O4. The van der Waals surface area contributed by atoms with Gasteiger partial charge in [0.2, 0.25) is 11.8 Å². The highest BCUT2D eigenvalue weighted by Crippen LogP contribution is 2.50. The molecule has 1 aliphatic carbocycles. The van der Waals surface area contributed by atoms with E-state index in [1.165, 1.54) is 6.92 Å². The molecule has 182 valence electrons. The lowest BCUT2D eigenvalue weighted by Gasteiger charge is -2.39. The minimum Gasteiger partial charge on any atom is -0.403 e. The van der Waals surface area contributed by atoms with E-state index >= 15 is 0 Å². The minimum atomic E-state index is -0.856. The largest absolute Gasteiger partial charge is 0.457 e. The zero-order chi connectivity index (χ0) is 24.1. The van der Waals surface area contributed by atoms with Crippen molar-refractivity contribution in [1.82, 2.24) is 15.5 Å². The van der Waals surface area contributed by atoms with Gasteiger partial charge < -0.3 is 24.8 Å². The molecule has 0 aromatic rings. The first-order valence-corrected chi connectivity index (χ1v) is 12.2. The first-order chi connectivity index (χ1) is 14.6. The highest BCUT2D eigenvalue weighted by Gasteiger charge is 2.60. The lowest BCUT2D eigenvalue weighted by molar-refractivity contribution is -0.136. The van der Waals surface area contributed by atoms with Crippen molar-refractivity contribution >= 4 is 18.9 Å². The Labute approximate surface area is 194 Å². The molecule has 32 heavy (non-hydrogen) atoms. The summed E-state index contributed by atoms with van der Waals surface area (Å²) < 4.78 is 12.4. The van der Waals surface area contributed by atoms with Crippen LogP contribution < -0.4 is 10.6 Å². The molecule has 7 nitrogen and oxygen atoms in total. The Kier molecular flexibility index (Phi) is 6.84. The zero-order valence-electron chi connectivity index (χ0n) is 21.6. The lowest BCUT2D eigenvalue weighted by atomic mass is 9.74. The van der Waals surface area contributed by atoms with Crippen LogP contribution in [0.15, 0.2) is 0 Å². The van der Waals surface area contributed by atoms with Crippen molar-refractivity contribution in [3.63, 3.8) is 0 Å². The van der Waals surface area contributed by atoms with Crippen LogP contribution in [0.4, 0.5) is 0 Å². The first kappa shape index (κ1) is 25.5. The second kappa shape index (κ2) is 8.59. The Morgan fingerprint density at radius 3 is 2.22 bits per heavy atom. The Hall–Kier alpha value is -1.12. The van der Waals surface area contributed by atoms with E-state index in [9.17, 15) is 9.59 Å². The van der Waals surface area contributed by atoms with Crippen LogP contribution in [0.5, 0.6) is 0 Å². The van der Waals surface area contributed by atoms with E-state index < -0.39 is 5.54 Å². The van der Waals surface area contributed by atoms with Crippen LogP contribution in [-0.2, 0) is 18.9 Å². The molecule has 3 fully saturated rings. The molecule has 2 heterocycles. The van der Waals surface area contributed by atoms with Gasteiger partial charge in [0.05, 0.1) is 11.2 Å². The van der Waals surface area contributed by atoms with Crippen LogP contribution in [0.1, 0.15) is 74.7 Å². The average molecular weight is 449 g/mol. The van der Waals surface area contributed by atoms with Gasteiger partial charge in [-0.15, -0.1) is 0 Å². The van der Waals surface area contributed by atoms with Gasteiger partial charge in [-0.3, -0.25) is 9.59 Å². The molecule has 4 atom stereocenters. The number of amides is 2. The summed E-state index contributed by atoms with van der Waals surface area (Å²) >= 11 is 0. The molecule has 0 spiro atoms. The number of rotatable bonds is 6. The van der Waals surface area contributed by atoms with Crippen LogP contribution in [0, 0.1) is 17.8 Å². The van der Waals surface area contributed by atoms with Gasteiger partial charge >= 0.3 is 7.12 Å². The molecule has 0 radical (unpaired) electrons. The van der Waals surface area contributed by atoms with E-state index in [4.69, 9.17) is 9.31 Å². The van der Waals surface area contributed by atoms with Crippen LogP contribution in [-0.4, -0.2) is 66.2 Å². The van der Waals surface area contributed by atoms with Gasteiger partial charge in [-0.1, -0.05) is 6.42 Å². The molecule has 2 saturated heterocycles. The van der Waals surface area contributed by atoms with Crippen LogP contribution in [0.2, 0.25) is 6.32 Å². The Balaban J connectivity index is 1.78. The van der Waals surface area contributed by atoms with Crippen molar-refractivity contribution in [3.8, 4) is 0 Å². The second-order valence-electron chi connectivity index (χ2n) is 12.4. The third kappa shape index (κ3) is 5.02. The van der Waals surface area contributed by atoms with Gasteiger partial charge in [-0.05, 0) is 92.4 Å². The highest BCUT2D eigenvalue weighted by atomic mass is 16.7. The fourth-order valence-corrected chi connectivity index (χ4v) is 6.00. The summed E-state index contributed by atoms with van der Waals surface area (Å²) in [7, 11) is 1.91. The molecule has 2 N–H and O–H groups in total. The molecule has 0 bridgehead atoms. The summed E-state index contributed by atoms with van der Waals surface area (Å²) in [6, 6.07) is 0. The van der Waals surface area contributed by atoms with Crippen molar-refractivity contribution in [2.24, 2.45) is 17.8 Å². The van der Waals surface area contributed by atoms with E-state index in [1.807, 2.05) is 20.8 Å². The molecule has 3 aliphatic rings. The van der Waals surface area contributed by atoms with Gasteiger partial charge in [0.1, 0.15) is 5.54 Å². The van der Waals surface area contributed by atoms with Crippen molar-refractivity contribution < 1.29 is 18.9 Å². The zero-order valence-corrected chi connectivity index (χ0v) is 21.6. The number of carbonyl (C=O) groups is 2. The Bertz CT molecular complexity index is 719. The van der Waals surface area contributed by atoms with E-state index in [2.05, 4.69) is 50.3 Å². The van der Waals surface area contributed by atoms with Crippen molar-refractivity contribution in [3.05, 3.63) is 0 Å². The van der Waals surface area contributed by atoms with E-state index in [0.717, 1.165) is 32.3 Å². The molecule has 8 heteroatoms.